The summed E-state index contributed by atoms with van der Waals surface area (Å²) in [5.74, 6) is 0.861. The molecular weight excluding hydrogens is 582 g/mol. The molecule has 0 spiro atoms. The smallest absolute Gasteiger partial charge is 0.318 e. The second kappa shape index (κ2) is 15.4. The minimum absolute atomic E-state index is 0.0400. The van der Waals surface area contributed by atoms with Crippen LogP contribution in [0.2, 0.25) is 0 Å². The first-order valence-corrected chi connectivity index (χ1v) is 16.1. The van der Waals surface area contributed by atoms with Crippen LogP contribution in [-0.4, -0.2) is 107 Å². The lowest BCUT2D eigenvalue weighted by atomic mass is 9.99. The van der Waals surface area contributed by atoms with Crippen LogP contribution in [0.15, 0.2) is 49.1 Å². The van der Waals surface area contributed by atoms with Crippen molar-refractivity contribution in [2.45, 2.75) is 51.8 Å². The summed E-state index contributed by atoms with van der Waals surface area (Å²) >= 11 is 0. The lowest BCUT2D eigenvalue weighted by molar-refractivity contribution is -0.126. The minimum atomic E-state index is -0.762. The Morgan fingerprint density at radius 1 is 1.13 bits per heavy atom. The Kier molecular flexibility index (Phi) is 11.1. The maximum absolute atomic E-state index is 12.2. The van der Waals surface area contributed by atoms with E-state index in [1.165, 1.54) is 35.0 Å². The average Bonchev–Trinajstić information content (AvgIpc) is 3.53. The van der Waals surface area contributed by atoms with Crippen LogP contribution in [0, 0.1) is 18.3 Å². The van der Waals surface area contributed by atoms with Gasteiger partial charge in [-0.05, 0) is 55.8 Å². The predicted molar refractivity (Wildman–Crippen MR) is 179 cm³/mol. The minimum Gasteiger partial charge on any atom is -0.462 e. The first kappa shape index (κ1) is 33.1. The summed E-state index contributed by atoms with van der Waals surface area (Å²) in [5.41, 5.74) is 4.59. The molecule has 2 atom stereocenters. The van der Waals surface area contributed by atoms with E-state index in [1.807, 2.05) is 4.90 Å². The number of aliphatic hydroxyl groups excluding tert-OH is 2. The summed E-state index contributed by atoms with van der Waals surface area (Å²) < 4.78 is 6.31. The van der Waals surface area contributed by atoms with Crippen LogP contribution in [0.5, 0.6) is 6.01 Å². The van der Waals surface area contributed by atoms with Gasteiger partial charge in [-0.3, -0.25) is 9.69 Å². The fourth-order valence-corrected chi connectivity index (χ4v) is 6.78. The van der Waals surface area contributed by atoms with Crippen molar-refractivity contribution in [1.82, 2.24) is 19.8 Å². The molecule has 3 aromatic rings. The van der Waals surface area contributed by atoms with Crippen LogP contribution in [0.25, 0.3) is 10.8 Å². The number of anilines is 2. The highest BCUT2D eigenvalue weighted by molar-refractivity contribution is 5.97. The first-order chi connectivity index (χ1) is 22.4. The van der Waals surface area contributed by atoms with Crippen molar-refractivity contribution in [2.24, 2.45) is 0 Å². The Hall–Kier alpha value is -4.24. The third-order valence-electron chi connectivity index (χ3n) is 9.08. The van der Waals surface area contributed by atoms with Crippen molar-refractivity contribution in [3.05, 3.63) is 65.9 Å². The van der Waals surface area contributed by atoms with Gasteiger partial charge in [0, 0.05) is 68.9 Å². The zero-order valence-electron chi connectivity index (χ0n) is 26.9. The van der Waals surface area contributed by atoms with E-state index in [0.717, 1.165) is 49.4 Å². The van der Waals surface area contributed by atoms with E-state index >= 15 is 0 Å². The Balaban J connectivity index is 0.00000134. The second-order valence-corrected chi connectivity index (χ2v) is 12.1. The molecule has 0 radical (unpaired) electrons. The largest absolute Gasteiger partial charge is 0.462 e. The Labute approximate surface area is 271 Å². The van der Waals surface area contributed by atoms with Crippen molar-refractivity contribution >= 4 is 28.2 Å². The number of nitriles is 1. The molecule has 0 bridgehead atoms. The highest BCUT2D eigenvalue weighted by Crippen LogP contribution is 2.35. The van der Waals surface area contributed by atoms with Crippen molar-refractivity contribution in [3.63, 3.8) is 0 Å². The number of aliphatic hydroxyl groups is 2. The summed E-state index contributed by atoms with van der Waals surface area (Å²) in [6.07, 6.45) is 3.42. The summed E-state index contributed by atoms with van der Waals surface area (Å²) in [6, 6.07) is 15.2. The number of benzene rings is 2. The molecule has 0 aliphatic carbocycles. The number of amides is 1. The molecule has 2 unspecified atom stereocenters. The van der Waals surface area contributed by atoms with Crippen LogP contribution >= 0.6 is 0 Å². The number of β-amino-alcohol motifs (C(OH)–C–C–N with tert-alkyl or cyclic N) is 1. The molecule has 2 N–H and O–H groups in total. The van der Waals surface area contributed by atoms with Gasteiger partial charge in [-0.25, -0.2) is 0 Å². The van der Waals surface area contributed by atoms with Crippen LogP contribution in [-0.2, 0) is 17.8 Å². The van der Waals surface area contributed by atoms with Gasteiger partial charge in [-0.2, -0.15) is 15.2 Å². The maximum atomic E-state index is 12.2. The van der Waals surface area contributed by atoms with Gasteiger partial charge in [0.15, 0.2) is 0 Å². The van der Waals surface area contributed by atoms with E-state index < -0.39 is 6.10 Å². The molecule has 11 nitrogen and oxygen atoms in total. The molecule has 3 aliphatic rings. The molecule has 0 saturated carbocycles. The first-order valence-electron chi connectivity index (χ1n) is 16.1. The predicted octanol–water partition coefficient (Wildman–Crippen LogP) is 3.06. The second-order valence-electron chi connectivity index (χ2n) is 12.1. The van der Waals surface area contributed by atoms with Crippen LogP contribution in [0.4, 0.5) is 11.5 Å². The van der Waals surface area contributed by atoms with E-state index in [4.69, 9.17) is 20.0 Å². The fourth-order valence-electron chi connectivity index (χ4n) is 6.78. The van der Waals surface area contributed by atoms with Crippen molar-refractivity contribution in [1.29, 1.82) is 5.26 Å². The van der Waals surface area contributed by atoms with Crippen molar-refractivity contribution in [2.75, 3.05) is 68.8 Å². The van der Waals surface area contributed by atoms with Gasteiger partial charge in [0.25, 0.3) is 0 Å². The molecule has 4 heterocycles. The van der Waals surface area contributed by atoms with Crippen molar-refractivity contribution in [3.8, 4) is 12.1 Å². The molecule has 2 saturated heterocycles. The van der Waals surface area contributed by atoms with E-state index in [-0.39, 0.29) is 18.6 Å². The average molecular weight is 628 g/mol. The number of hydrogen-bond donors (Lipinski definition) is 2. The highest BCUT2D eigenvalue weighted by atomic mass is 16.5. The van der Waals surface area contributed by atoms with Gasteiger partial charge in [0.2, 0.25) is 5.91 Å². The Bertz CT molecular complexity index is 1560. The standard InChI is InChI=1S/C33H42N6O4.C2H3N/c1-3-30(42)36-15-17-37(18-16-36)32-27-12-14-39(29-11-5-9-24-8-4-7-23(2)31(24)29)20-28(27)34-33(35-32)43-22-25-10-6-13-38(25)19-26(41)21-40;1-2-3/h3-5,7-9,11,25-26,40-41H,1,6,10,12-22H2,2H3;1H3. The zero-order chi connectivity index (χ0) is 32.6. The SMILES string of the molecule is C=CC(=O)N1CCN(c2nc(OCC3CCCN3CC(O)CO)nc3c2CCN(c2cccc4cccc(C)c24)C3)CC1.CC#N. The molecule has 244 valence electrons. The van der Waals surface area contributed by atoms with Crippen molar-refractivity contribution < 1.29 is 19.7 Å². The number of ether oxygens (including phenoxy) is 1. The summed E-state index contributed by atoms with van der Waals surface area (Å²) in [7, 11) is 0. The molecule has 11 heteroatoms. The van der Waals surface area contributed by atoms with Gasteiger partial charge < -0.3 is 29.6 Å². The fraction of sp³-hybridized carbons (Fsp3) is 0.486. The number of rotatable bonds is 9. The van der Waals surface area contributed by atoms with E-state index in [1.54, 1.807) is 6.07 Å². The molecular formula is C35H45N7O4. The quantitative estimate of drug-likeness (QED) is 0.342. The Morgan fingerprint density at radius 2 is 1.87 bits per heavy atom. The summed E-state index contributed by atoms with van der Waals surface area (Å²) in [6.45, 7) is 12.8. The van der Waals surface area contributed by atoms with Crippen LogP contribution in [0.1, 0.15) is 36.6 Å². The topological polar surface area (TPSA) is 129 Å². The summed E-state index contributed by atoms with van der Waals surface area (Å²) in [4.78, 5) is 30.8. The number of piperazine rings is 1. The van der Waals surface area contributed by atoms with E-state index in [2.05, 4.69) is 64.6 Å². The van der Waals surface area contributed by atoms with Gasteiger partial charge in [-0.15, -0.1) is 0 Å². The highest BCUT2D eigenvalue weighted by Gasteiger charge is 2.31. The summed E-state index contributed by atoms with van der Waals surface area (Å²) in [5, 5.41) is 29.2. The zero-order valence-corrected chi connectivity index (χ0v) is 26.9. The molecule has 6 rings (SSSR count). The number of fused-ring (bicyclic) bond motifs is 2. The number of carbonyl (C=O) groups is 1. The molecule has 1 amide bonds. The number of hydrogen-bond acceptors (Lipinski definition) is 10. The monoisotopic (exact) mass is 627 g/mol. The molecule has 3 aliphatic heterocycles. The molecule has 2 aromatic carbocycles. The number of aryl methyl sites for hydroxylation is 1. The lowest BCUT2D eigenvalue weighted by Crippen LogP contribution is -2.49. The number of carbonyl (C=O) groups excluding carboxylic acids is 1. The normalized spacial score (nSPS) is 18.8. The molecule has 2 fully saturated rings. The van der Waals surface area contributed by atoms with Gasteiger partial charge in [0.05, 0.1) is 31.0 Å². The van der Waals surface area contributed by atoms with E-state index in [9.17, 15) is 15.0 Å². The van der Waals surface area contributed by atoms with E-state index in [0.29, 0.717) is 51.9 Å². The third-order valence-corrected chi connectivity index (χ3v) is 9.08. The maximum Gasteiger partial charge on any atom is 0.318 e. The number of likely N-dealkylation sites (tertiary alicyclic amines) is 1. The molecule has 46 heavy (non-hydrogen) atoms. The van der Waals surface area contributed by atoms with Gasteiger partial charge in [0.1, 0.15) is 12.4 Å². The van der Waals surface area contributed by atoms with Gasteiger partial charge in [-0.1, -0.05) is 36.9 Å². The lowest BCUT2D eigenvalue weighted by Gasteiger charge is -2.38. The number of aromatic nitrogens is 2. The van der Waals surface area contributed by atoms with Crippen LogP contribution in [0.3, 0.4) is 0 Å². The molecule has 1 aromatic heterocycles. The third kappa shape index (κ3) is 7.41. The Morgan fingerprint density at radius 3 is 2.59 bits per heavy atom. The number of nitrogens with zero attached hydrogens (tertiary/aromatic N) is 7. The van der Waals surface area contributed by atoms with Gasteiger partial charge >= 0.3 is 6.01 Å². The van der Waals surface area contributed by atoms with Crippen LogP contribution < -0.4 is 14.5 Å².